The van der Waals surface area contributed by atoms with Crippen LogP contribution in [0.4, 0.5) is 10.5 Å². The Labute approximate surface area is 185 Å². The quantitative estimate of drug-likeness (QED) is 0.677. The molecule has 7 heteroatoms. The van der Waals surface area contributed by atoms with Gasteiger partial charge in [0.25, 0.3) is 0 Å². The zero-order valence-corrected chi connectivity index (χ0v) is 19.3. The highest BCUT2D eigenvalue weighted by atomic mass is 16.6. The van der Waals surface area contributed by atoms with Gasteiger partial charge in [-0.25, -0.2) is 4.79 Å². The first-order valence-electron chi connectivity index (χ1n) is 11.5. The van der Waals surface area contributed by atoms with E-state index >= 15 is 0 Å². The lowest BCUT2D eigenvalue weighted by atomic mass is 9.75. The summed E-state index contributed by atoms with van der Waals surface area (Å²) in [7, 11) is -0.317. The molecule has 0 unspecified atom stereocenters. The standard InChI is InChI=1S/C24H33BN2O4/c1-23(2,3)31-22(28)27-18-8-6-15(11-18)21(27)20-12-16-10-17(7-9-19(16)26-20)25-29-13-24(4,5)14-30-25/h7,9-10,15,18,21H,6,8,11-14H2,1-5H3/t15-,18+,21-/m0/s1. The molecule has 0 radical (unpaired) electrons. The molecule has 3 aliphatic heterocycles. The number of amides is 1. The number of aliphatic imine (C=N–C) groups is 1. The Kier molecular flexibility index (Phi) is 4.98. The summed E-state index contributed by atoms with van der Waals surface area (Å²) in [5.41, 5.74) is 3.89. The lowest BCUT2D eigenvalue weighted by molar-refractivity contribution is 0.0142. The van der Waals surface area contributed by atoms with E-state index in [4.69, 9.17) is 19.0 Å². The molecular weight excluding hydrogens is 391 g/mol. The van der Waals surface area contributed by atoms with Crippen LogP contribution in [-0.4, -0.2) is 54.7 Å². The van der Waals surface area contributed by atoms with Crippen LogP contribution in [0.2, 0.25) is 0 Å². The van der Waals surface area contributed by atoms with E-state index in [1.165, 1.54) is 5.56 Å². The van der Waals surface area contributed by atoms with Gasteiger partial charge in [0.1, 0.15) is 5.60 Å². The van der Waals surface area contributed by atoms with Crippen LogP contribution in [-0.2, 0) is 20.5 Å². The van der Waals surface area contributed by atoms with Gasteiger partial charge in [0.15, 0.2) is 0 Å². The molecule has 2 bridgehead atoms. The summed E-state index contributed by atoms with van der Waals surface area (Å²) >= 11 is 0. The minimum absolute atomic E-state index is 0.0485. The summed E-state index contributed by atoms with van der Waals surface area (Å²) in [5, 5.41) is 0. The van der Waals surface area contributed by atoms with Gasteiger partial charge < -0.3 is 14.0 Å². The number of nitrogens with zero attached hydrogens (tertiary/aromatic N) is 2. The molecule has 0 spiro atoms. The molecule has 3 atom stereocenters. The van der Waals surface area contributed by atoms with E-state index in [0.717, 1.165) is 42.5 Å². The number of benzene rings is 1. The number of hydrogen-bond donors (Lipinski definition) is 0. The van der Waals surface area contributed by atoms with Crippen molar-refractivity contribution >= 4 is 30.1 Å². The van der Waals surface area contributed by atoms with Crippen LogP contribution in [0.1, 0.15) is 59.4 Å². The van der Waals surface area contributed by atoms with Crippen molar-refractivity contribution in [2.45, 2.75) is 78.0 Å². The zero-order chi connectivity index (χ0) is 22.0. The fraction of sp³-hybridized carbons (Fsp3) is 0.667. The van der Waals surface area contributed by atoms with Gasteiger partial charge >= 0.3 is 13.2 Å². The van der Waals surface area contributed by atoms with Crippen molar-refractivity contribution < 1.29 is 18.8 Å². The summed E-state index contributed by atoms with van der Waals surface area (Å²) in [6, 6.07) is 6.61. The maximum atomic E-state index is 13.0. The SMILES string of the molecule is CC1(C)COB(c2ccc3c(c2)CC([C@@H]2[C@H]4CC[C@H](C4)N2C(=O)OC(C)(C)C)=N3)OC1. The Morgan fingerprint density at radius 2 is 1.97 bits per heavy atom. The highest BCUT2D eigenvalue weighted by Crippen LogP contribution is 2.45. The van der Waals surface area contributed by atoms with Crippen LogP contribution < -0.4 is 5.46 Å². The largest absolute Gasteiger partial charge is 0.493 e. The van der Waals surface area contributed by atoms with Crippen molar-refractivity contribution in [2.24, 2.45) is 16.3 Å². The second kappa shape index (κ2) is 7.34. The molecule has 1 aromatic rings. The van der Waals surface area contributed by atoms with Gasteiger partial charge in [-0.15, -0.1) is 0 Å². The van der Waals surface area contributed by atoms with Gasteiger partial charge in [-0.3, -0.25) is 9.89 Å². The highest BCUT2D eigenvalue weighted by molar-refractivity contribution is 6.61. The number of piperidine rings is 1. The summed E-state index contributed by atoms with van der Waals surface area (Å²) in [6.45, 7) is 11.5. The van der Waals surface area contributed by atoms with Crippen molar-refractivity contribution in [3.05, 3.63) is 23.8 Å². The molecular formula is C24H33BN2O4. The Balaban J connectivity index is 1.33. The number of fused-ring (bicyclic) bond motifs is 3. The maximum absolute atomic E-state index is 13.0. The van der Waals surface area contributed by atoms with Gasteiger partial charge in [0, 0.05) is 36.8 Å². The fourth-order valence-electron chi connectivity index (χ4n) is 5.44. The third-order valence-corrected chi connectivity index (χ3v) is 6.79. The van der Waals surface area contributed by atoms with E-state index < -0.39 is 5.60 Å². The first-order valence-corrected chi connectivity index (χ1v) is 11.5. The zero-order valence-electron chi connectivity index (χ0n) is 19.3. The van der Waals surface area contributed by atoms with Crippen molar-refractivity contribution in [3.8, 4) is 0 Å². The number of likely N-dealkylation sites (tertiary alicyclic amines) is 1. The van der Waals surface area contributed by atoms with E-state index in [2.05, 4.69) is 32.0 Å². The van der Waals surface area contributed by atoms with Gasteiger partial charge in [-0.2, -0.15) is 0 Å². The van der Waals surface area contributed by atoms with Crippen molar-refractivity contribution in [2.75, 3.05) is 13.2 Å². The molecule has 0 aromatic heterocycles. The van der Waals surface area contributed by atoms with Crippen molar-refractivity contribution in [3.63, 3.8) is 0 Å². The average molecular weight is 424 g/mol. The minimum atomic E-state index is -0.493. The number of ether oxygens (including phenoxy) is 1. The van der Waals surface area contributed by atoms with Crippen LogP contribution in [0, 0.1) is 11.3 Å². The molecule has 5 rings (SSSR count). The van der Waals surface area contributed by atoms with E-state index in [1.807, 2.05) is 25.7 Å². The summed E-state index contributed by atoms with van der Waals surface area (Å²) in [4.78, 5) is 20.0. The molecule has 0 N–H and O–H groups in total. The number of carbonyl (C=O) groups is 1. The molecule has 3 heterocycles. The molecule has 1 amide bonds. The Hall–Kier alpha value is -1.86. The van der Waals surface area contributed by atoms with E-state index in [9.17, 15) is 4.79 Å². The van der Waals surface area contributed by atoms with Crippen LogP contribution >= 0.6 is 0 Å². The van der Waals surface area contributed by atoms with Crippen LogP contribution in [0.25, 0.3) is 0 Å². The van der Waals surface area contributed by atoms with Crippen LogP contribution in [0.5, 0.6) is 0 Å². The Bertz CT molecular complexity index is 913. The average Bonchev–Trinajstić information content (AvgIpc) is 3.39. The van der Waals surface area contributed by atoms with Crippen molar-refractivity contribution in [1.82, 2.24) is 4.90 Å². The molecule has 31 heavy (non-hydrogen) atoms. The molecule has 3 fully saturated rings. The fourth-order valence-corrected chi connectivity index (χ4v) is 5.44. The summed E-state index contributed by atoms with van der Waals surface area (Å²) in [5.74, 6) is 0.484. The summed E-state index contributed by atoms with van der Waals surface area (Å²) < 4.78 is 17.7. The van der Waals surface area contributed by atoms with Gasteiger partial charge in [0.05, 0.1) is 11.7 Å². The number of rotatable bonds is 2. The lowest BCUT2D eigenvalue weighted by Crippen LogP contribution is -2.50. The molecule has 166 valence electrons. The number of carbonyl (C=O) groups excluding carboxylic acids is 1. The molecule has 1 aliphatic carbocycles. The third kappa shape index (κ3) is 4.02. The molecule has 2 saturated heterocycles. The molecule has 1 saturated carbocycles. The highest BCUT2D eigenvalue weighted by Gasteiger charge is 2.51. The van der Waals surface area contributed by atoms with Crippen LogP contribution in [0.3, 0.4) is 0 Å². The minimum Gasteiger partial charge on any atom is -0.444 e. The Morgan fingerprint density at radius 1 is 1.23 bits per heavy atom. The molecule has 1 aromatic carbocycles. The predicted octanol–water partition coefficient (Wildman–Crippen LogP) is 3.87. The van der Waals surface area contributed by atoms with Crippen LogP contribution in [0.15, 0.2) is 23.2 Å². The van der Waals surface area contributed by atoms with E-state index in [0.29, 0.717) is 19.1 Å². The smallest absolute Gasteiger partial charge is 0.444 e. The number of hydrogen-bond acceptors (Lipinski definition) is 5. The second-order valence-electron chi connectivity index (χ2n) is 11.3. The maximum Gasteiger partial charge on any atom is 0.493 e. The van der Waals surface area contributed by atoms with E-state index in [1.54, 1.807) is 0 Å². The topological polar surface area (TPSA) is 60.4 Å². The van der Waals surface area contributed by atoms with Gasteiger partial charge in [0.2, 0.25) is 0 Å². The van der Waals surface area contributed by atoms with Crippen molar-refractivity contribution in [1.29, 1.82) is 0 Å². The summed E-state index contributed by atoms with van der Waals surface area (Å²) in [6.07, 6.45) is 3.86. The first kappa shape index (κ1) is 21.0. The normalized spacial score (nSPS) is 29.2. The predicted molar refractivity (Wildman–Crippen MR) is 121 cm³/mol. The third-order valence-electron chi connectivity index (χ3n) is 6.79. The lowest BCUT2D eigenvalue weighted by Gasteiger charge is -2.36. The monoisotopic (exact) mass is 424 g/mol. The Morgan fingerprint density at radius 3 is 2.68 bits per heavy atom. The van der Waals surface area contributed by atoms with E-state index in [-0.39, 0.29) is 30.7 Å². The molecule has 4 aliphatic rings. The second-order valence-corrected chi connectivity index (χ2v) is 11.3. The van der Waals surface area contributed by atoms with Gasteiger partial charge in [-0.1, -0.05) is 26.0 Å². The van der Waals surface area contributed by atoms with Gasteiger partial charge in [-0.05, 0) is 63.0 Å². The molecule has 6 nitrogen and oxygen atoms in total. The first-order chi connectivity index (χ1) is 14.6.